The van der Waals surface area contributed by atoms with Gasteiger partial charge < -0.3 is 18.9 Å². The lowest BCUT2D eigenvalue weighted by Crippen LogP contribution is -2.04. The number of ether oxygens (including phenoxy) is 4. The predicted molar refractivity (Wildman–Crippen MR) is 289 cm³/mol. The van der Waals surface area contributed by atoms with Crippen molar-refractivity contribution < 1.29 is 18.9 Å². The summed E-state index contributed by atoms with van der Waals surface area (Å²) in [5, 5.41) is 0. The predicted octanol–water partition coefficient (Wildman–Crippen LogP) is 20.0. The summed E-state index contributed by atoms with van der Waals surface area (Å²) < 4.78 is 25.8. The van der Waals surface area contributed by atoms with Gasteiger partial charge in [-0.05, 0) is 73.2 Å². The molecule has 0 atom stereocenters. The first-order valence-corrected chi connectivity index (χ1v) is 28.4. The number of thiol groups is 2. The Morgan fingerprint density at radius 2 is 0.484 bits per heavy atom. The van der Waals surface area contributed by atoms with Crippen LogP contribution in [0, 0.1) is 0 Å². The molecule has 2 aromatic rings. The van der Waals surface area contributed by atoms with Crippen molar-refractivity contribution in [3.8, 4) is 23.0 Å². The van der Waals surface area contributed by atoms with Crippen molar-refractivity contribution in [3.63, 3.8) is 0 Å². The molecule has 0 saturated carbocycles. The van der Waals surface area contributed by atoms with Gasteiger partial charge in [0.15, 0.2) is 23.0 Å². The van der Waals surface area contributed by atoms with E-state index in [1.54, 1.807) is 0 Å². The van der Waals surface area contributed by atoms with Gasteiger partial charge in [0.05, 0.1) is 26.4 Å². The fourth-order valence-electron chi connectivity index (χ4n) is 8.43. The van der Waals surface area contributed by atoms with Crippen molar-refractivity contribution in [2.45, 2.75) is 259 Å². The first-order valence-electron chi connectivity index (χ1n) is 27.5. The summed E-state index contributed by atoms with van der Waals surface area (Å²) >= 11 is 10.2. The largest absolute Gasteiger partial charge is 0.490 e. The van der Waals surface area contributed by atoms with Gasteiger partial charge in [-0.1, -0.05) is 233 Å². The zero-order valence-electron chi connectivity index (χ0n) is 42.3. The molecule has 0 heterocycles. The molecule has 6 heteroatoms. The molecule has 368 valence electrons. The fraction of sp³-hybridized carbons (Fsp3) is 0.759. The van der Waals surface area contributed by atoms with Gasteiger partial charge in [0.25, 0.3) is 0 Å². The molecule has 0 saturated heterocycles. The van der Waals surface area contributed by atoms with Gasteiger partial charge in [0.1, 0.15) is 0 Å². The van der Waals surface area contributed by atoms with Crippen molar-refractivity contribution in [1.82, 2.24) is 0 Å². The monoisotopic (exact) mass is 925 g/mol. The van der Waals surface area contributed by atoms with Gasteiger partial charge in [-0.3, -0.25) is 0 Å². The van der Waals surface area contributed by atoms with E-state index in [2.05, 4.69) is 64.1 Å². The lowest BCUT2D eigenvalue weighted by molar-refractivity contribution is 0.258. The van der Waals surface area contributed by atoms with Crippen LogP contribution >= 0.6 is 25.3 Å². The topological polar surface area (TPSA) is 36.9 Å². The van der Waals surface area contributed by atoms with E-state index >= 15 is 0 Å². The van der Waals surface area contributed by atoms with Crippen molar-refractivity contribution in [3.05, 3.63) is 47.5 Å². The molecule has 4 nitrogen and oxygen atoms in total. The molecule has 0 aliphatic carbocycles. The molecule has 2 rings (SSSR count). The minimum Gasteiger partial charge on any atom is -0.490 e. The van der Waals surface area contributed by atoms with Gasteiger partial charge >= 0.3 is 0 Å². The summed E-state index contributed by atoms with van der Waals surface area (Å²) in [5.41, 5.74) is 1.93. The summed E-state index contributed by atoms with van der Waals surface area (Å²) in [6, 6.07) is 12.5. The van der Waals surface area contributed by atoms with Crippen LogP contribution in [0.4, 0.5) is 0 Å². The van der Waals surface area contributed by atoms with Gasteiger partial charge in [-0.2, -0.15) is 0 Å². The van der Waals surface area contributed by atoms with Gasteiger partial charge in [-0.25, -0.2) is 0 Å². The maximum absolute atomic E-state index is 6.50. The Labute approximate surface area is 407 Å². The summed E-state index contributed by atoms with van der Waals surface area (Å²) in [5.74, 6) is 3.24. The van der Waals surface area contributed by atoms with Gasteiger partial charge in [0.2, 0.25) is 0 Å². The number of unbranched alkanes of at least 4 members (excludes halogenated alkanes) is 32. The molecule has 0 spiro atoms. The second kappa shape index (κ2) is 42.4. The third kappa shape index (κ3) is 29.7. The van der Waals surface area contributed by atoms with E-state index in [0.717, 1.165) is 69.6 Å². The maximum Gasteiger partial charge on any atom is 0.161 e. The van der Waals surface area contributed by atoms with Crippen LogP contribution in [0.3, 0.4) is 0 Å². The quantitative estimate of drug-likeness (QED) is 0.0394. The van der Waals surface area contributed by atoms with Crippen molar-refractivity contribution >= 4 is 35.1 Å². The number of hydrogen-bond donors (Lipinski definition) is 2. The first-order chi connectivity index (χ1) is 31.5. The average Bonchev–Trinajstić information content (AvgIpc) is 3.31. The highest BCUT2D eigenvalue weighted by Gasteiger charge is 2.15. The molecule has 0 unspecified atom stereocenters. The Balaban J connectivity index is 2.12. The third-order valence-corrected chi connectivity index (χ3v) is 13.8. The molecular weight excluding hydrogens is 825 g/mol. The molecule has 0 aromatic heterocycles. The maximum atomic E-state index is 6.50. The van der Waals surface area contributed by atoms with E-state index < -0.39 is 0 Å². The number of benzene rings is 2. The van der Waals surface area contributed by atoms with Crippen LogP contribution in [0.15, 0.2) is 36.4 Å². The van der Waals surface area contributed by atoms with Crippen LogP contribution < -0.4 is 18.9 Å². The highest BCUT2D eigenvalue weighted by Crippen LogP contribution is 2.40. The Hall–Kier alpha value is -1.92. The fourth-order valence-corrected chi connectivity index (χ4v) is 8.96. The van der Waals surface area contributed by atoms with Crippen LogP contribution in [0.25, 0.3) is 9.81 Å². The molecular formula is C58H100O4S2. The van der Waals surface area contributed by atoms with Crippen molar-refractivity contribution in [2.75, 3.05) is 26.4 Å². The van der Waals surface area contributed by atoms with E-state index in [1.165, 1.54) is 205 Å². The van der Waals surface area contributed by atoms with E-state index in [1.807, 2.05) is 0 Å². The summed E-state index contributed by atoms with van der Waals surface area (Å²) in [6.45, 7) is 11.9. The van der Waals surface area contributed by atoms with Crippen LogP contribution in [0.2, 0.25) is 0 Å². The Morgan fingerprint density at radius 3 is 0.719 bits per heavy atom. The first kappa shape index (κ1) is 58.2. The van der Waals surface area contributed by atoms with Gasteiger partial charge in [0, 0.05) is 9.81 Å². The minimum absolute atomic E-state index is 0.688. The van der Waals surface area contributed by atoms with Crippen LogP contribution in [0.5, 0.6) is 23.0 Å². The van der Waals surface area contributed by atoms with Crippen molar-refractivity contribution in [2.24, 2.45) is 0 Å². The summed E-state index contributed by atoms with van der Waals surface area (Å²) in [6.07, 6.45) is 46.6. The number of hydrogen-bond acceptors (Lipinski definition) is 6. The second-order valence-electron chi connectivity index (χ2n) is 18.7. The molecule has 0 radical (unpaired) electrons. The smallest absolute Gasteiger partial charge is 0.161 e. The Morgan fingerprint density at radius 1 is 0.281 bits per heavy atom. The van der Waals surface area contributed by atoms with Crippen LogP contribution in [-0.4, -0.2) is 26.4 Å². The SMILES string of the molecule is CCCCCCCCCCCOc1ccc(/C(S)=C(\S)c2ccc(OCCCCCCCCCCC)c(OCCCCCCCCCCC)c2)cc1OCCCCCCCCCCC. The highest BCUT2D eigenvalue weighted by molar-refractivity contribution is 7.96. The van der Waals surface area contributed by atoms with E-state index in [-0.39, 0.29) is 0 Å². The van der Waals surface area contributed by atoms with Crippen molar-refractivity contribution in [1.29, 1.82) is 0 Å². The summed E-state index contributed by atoms with van der Waals surface area (Å²) in [7, 11) is 0. The van der Waals surface area contributed by atoms with Gasteiger partial charge in [-0.15, -0.1) is 25.3 Å². The average molecular weight is 926 g/mol. The zero-order chi connectivity index (χ0) is 46.0. The lowest BCUT2D eigenvalue weighted by Gasteiger charge is -2.17. The standard InChI is InChI=1S/C58H100O4S2/c1-5-9-13-17-21-25-29-33-37-45-59-53-43-41-51(49-55(53)61-47-39-35-31-27-23-19-15-11-7-3)57(63)58(64)52-42-44-54(60-46-38-34-30-26-22-18-14-10-6-2)56(50-52)62-48-40-36-32-28-24-20-16-12-8-4/h41-44,49-50,63-64H,5-40,45-48H2,1-4H3/b58-57+. The molecule has 0 aliphatic heterocycles. The number of rotatable bonds is 46. The van der Waals surface area contributed by atoms with Crippen LogP contribution in [-0.2, 0) is 0 Å². The van der Waals surface area contributed by atoms with E-state index in [9.17, 15) is 0 Å². The van der Waals surface area contributed by atoms with E-state index in [0.29, 0.717) is 26.4 Å². The minimum atomic E-state index is 0.688. The van der Waals surface area contributed by atoms with Crippen LogP contribution in [0.1, 0.15) is 270 Å². The molecule has 0 aliphatic rings. The summed E-state index contributed by atoms with van der Waals surface area (Å²) in [4.78, 5) is 1.60. The molecule has 0 N–H and O–H groups in total. The molecule has 64 heavy (non-hydrogen) atoms. The third-order valence-electron chi connectivity index (χ3n) is 12.7. The molecule has 2 aromatic carbocycles. The molecule has 0 amide bonds. The Bertz CT molecular complexity index is 1290. The second-order valence-corrected chi connectivity index (χ2v) is 19.6. The normalized spacial score (nSPS) is 11.8. The zero-order valence-corrected chi connectivity index (χ0v) is 44.1. The highest BCUT2D eigenvalue weighted by atomic mass is 32.1. The lowest BCUT2D eigenvalue weighted by atomic mass is 10.1. The Kier molecular flexibility index (Phi) is 38.6. The van der Waals surface area contributed by atoms with E-state index in [4.69, 9.17) is 44.2 Å². The molecule has 0 fully saturated rings. The molecule has 0 bridgehead atoms.